The predicted octanol–water partition coefficient (Wildman–Crippen LogP) is 2.85. The summed E-state index contributed by atoms with van der Waals surface area (Å²) in [6.07, 6.45) is -1.46. The molecule has 0 aliphatic rings. The topological polar surface area (TPSA) is 46.5 Å². The van der Waals surface area contributed by atoms with E-state index in [-0.39, 0.29) is 20.6 Å². The molecule has 0 aliphatic carbocycles. The van der Waals surface area contributed by atoms with E-state index in [1.807, 2.05) is 0 Å². The molecule has 1 aromatic rings. The highest BCUT2D eigenvalue weighted by molar-refractivity contribution is 6.43. The number of ether oxygens (including phenoxy) is 1. The first-order valence-corrected chi connectivity index (χ1v) is 5.01. The first-order valence-electron chi connectivity index (χ1n) is 3.87. The van der Waals surface area contributed by atoms with E-state index >= 15 is 0 Å². The lowest BCUT2D eigenvalue weighted by Crippen LogP contribution is -2.13. The molecule has 1 aromatic carbocycles. The molecule has 0 saturated carbocycles. The van der Waals surface area contributed by atoms with Gasteiger partial charge in [-0.1, -0.05) is 34.8 Å². The minimum atomic E-state index is -1.46. The second-order valence-electron chi connectivity index (χ2n) is 2.71. The minimum Gasteiger partial charge on any atom is -0.467 e. The van der Waals surface area contributed by atoms with Crippen molar-refractivity contribution in [3.05, 3.63) is 32.8 Å². The van der Waals surface area contributed by atoms with Crippen LogP contribution in [0.3, 0.4) is 0 Å². The van der Waals surface area contributed by atoms with Crippen molar-refractivity contribution in [2.24, 2.45) is 0 Å². The van der Waals surface area contributed by atoms with Gasteiger partial charge in [0.25, 0.3) is 0 Å². The molecule has 0 aromatic heterocycles. The molecule has 0 fully saturated rings. The summed E-state index contributed by atoms with van der Waals surface area (Å²) in [6.45, 7) is 0. The Bertz CT molecular complexity index is 392. The number of carbonyl (C=O) groups excluding carboxylic acids is 1. The van der Waals surface area contributed by atoms with Crippen molar-refractivity contribution in [1.82, 2.24) is 0 Å². The van der Waals surface area contributed by atoms with Gasteiger partial charge in [-0.25, -0.2) is 4.79 Å². The van der Waals surface area contributed by atoms with Gasteiger partial charge in [0.1, 0.15) is 0 Å². The third-order valence-corrected chi connectivity index (χ3v) is 2.81. The van der Waals surface area contributed by atoms with Gasteiger partial charge in [0.15, 0.2) is 6.10 Å². The van der Waals surface area contributed by atoms with Crippen LogP contribution in [0, 0.1) is 0 Å². The summed E-state index contributed by atoms with van der Waals surface area (Å²) in [4.78, 5) is 11.1. The maximum Gasteiger partial charge on any atom is 0.339 e. The SMILES string of the molecule is COC(=O)C(O)c1cc(Cl)c(Cl)cc1Cl. The van der Waals surface area contributed by atoms with Gasteiger partial charge in [0, 0.05) is 10.6 Å². The summed E-state index contributed by atoms with van der Waals surface area (Å²) in [5, 5.41) is 10.1. The van der Waals surface area contributed by atoms with Crippen LogP contribution in [0.5, 0.6) is 0 Å². The molecule has 3 nitrogen and oxygen atoms in total. The monoisotopic (exact) mass is 268 g/mol. The van der Waals surface area contributed by atoms with E-state index in [0.29, 0.717) is 0 Å². The van der Waals surface area contributed by atoms with Crippen molar-refractivity contribution < 1.29 is 14.6 Å². The predicted molar refractivity (Wildman–Crippen MR) is 58.4 cm³/mol. The number of benzene rings is 1. The van der Waals surface area contributed by atoms with Crippen molar-refractivity contribution in [3.8, 4) is 0 Å². The number of aliphatic hydroxyl groups excluding tert-OH is 1. The molecule has 15 heavy (non-hydrogen) atoms. The Balaban J connectivity index is 3.14. The smallest absolute Gasteiger partial charge is 0.339 e. The average Bonchev–Trinajstić information content (AvgIpc) is 2.21. The molecule has 1 atom stereocenters. The van der Waals surface area contributed by atoms with Crippen LogP contribution in [0.25, 0.3) is 0 Å². The average molecular weight is 270 g/mol. The first kappa shape index (κ1) is 12.6. The van der Waals surface area contributed by atoms with Crippen molar-refractivity contribution in [3.63, 3.8) is 0 Å². The van der Waals surface area contributed by atoms with Gasteiger partial charge in [-0.2, -0.15) is 0 Å². The first-order chi connectivity index (χ1) is 6.97. The van der Waals surface area contributed by atoms with Crippen LogP contribution < -0.4 is 0 Å². The van der Waals surface area contributed by atoms with E-state index < -0.39 is 12.1 Å². The van der Waals surface area contributed by atoms with Crippen molar-refractivity contribution >= 4 is 40.8 Å². The summed E-state index contributed by atoms with van der Waals surface area (Å²) >= 11 is 17.2. The Morgan fingerprint density at radius 1 is 1.27 bits per heavy atom. The summed E-state index contributed by atoms with van der Waals surface area (Å²) < 4.78 is 4.37. The second-order valence-corrected chi connectivity index (χ2v) is 3.94. The lowest BCUT2D eigenvalue weighted by atomic mass is 10.1. The molecule has 0 aliphatic heterocycles. The highest BCUT2D eigenvalue weighted by Crippen LogP contribution is 2.32. The van der Waals surface area contributed by atoms with Crippen LogP contribution in [0.2, 0.25) is 15.1 Å². The third-order valence-electron chi connectivity index (χ3n) is 1.76. The van der Waals surface area contributed by atoms with E-state index in [4.69, 9.17) is 34.8 Å². The molecule has 0 heterocycles. The molecular formula is C9H7Cl3O3. The number of rotatable bonds is 2. The fourth-order valence-electron chi connectivity index (χ4n) is 0.986. The van der Waals surface area contributed by atoms with Crippen LogP contribution in [0.4, 0.5) is 0 Å². The molecule has 1 unspecified atom stereocenters. The molecule has 1 N–H and O–H groups in total. The molecule has 0 bridgehead atoms. The largest absolute Gasteiger partial charge is 0.467 e. The molecule has 1 rings (SSSR count). The Kier molecular flexibility index (Phi) is 4.22. The van der Waals surface area contributed by atoms with Gasteiger partial charge in [0.05, 0.1) is 17.2 Å². The Hall–Kier alpha value is -0.480. The Labute approximate surface area is 102 Å². The second kappa shape index (κ2) is 5.03. The van der Waals surface area contributed by atoms with Crippen LogP contribution >= 0.6 is 34.8 Å². The van der Waals surface area contributed by atoms with E-state index in [1.165, 1.54) is 12.1 Å². The zero-order valence-corrected chi connectivity index (χ0v) is 9.90. The zero-order chi connectivity index (χ0) is 11.6. The number of methoxy groups -OCH3 is 1. The van der Waals surface area contributed by atoms with Crippen molar-refractivity contribution in [1.29, 1.82) is 0 Å². The minimum absolute atomic E-state index is 0.155. The van der Waals surface area contributed by atoms with Gasteiger partial charge in [-0.15, -0.1) is 0 Å². The molecule has 6 heteroatoms. The van der Waals surface area contributed by atoms with Gasteiger partial charge in [0.2, 0.25) is 0 Å². The van der Waals surface area contributed by atoms with E-state index in [1.54, 1.807) is 0 Å². The lowest BCUT2D eigenvalue weighted by molar-refractivity contribution is -0.150. The maximum atomic E-state index is 11.1. The number of halogens is 3. The summed E-state index contributed by atoms with van der Waals surface area (Å²) in [6, 6.07) is 2.68. The Morgan fingerprint density at radius 2 is 1.80 bits per heavy atom. The molecule has 0 radical (unpaired) electrons. The summed E-state index contributed by atoms with van der Waals surface area (Å²) in [5.74, 6) is -0.810. The quantitative estimate of drug-likeness (QED) is 0.663. The maximum absolute atomic E-state index is 11.1. The van der Waals surface area contributed by atoms with Crippen LogP contribution in [-0.2, 0) is 9.53 Å². The number of aliphatic hydroxyl groups is 1. The molecule has 82 valence electrons. The summed E-state index contributed by atoms with van der Waals surface area (Å²) in [7, 11) is 1.16. The van der Waals surface area contributed by atoms with Crippen molar-refractivity contribution in [2.45, 2.75) is 6.10 Å². The van der Waals surface area contributed by atoms with Gasteiger partial charge < -0.3 is 9.84 Å². The Morgan fingerprint density at radius 3 is 2.33 bits per heavy atom. The molecule has 0 saturated heterocycles. The number of hydrogen-bond donors (Lipinski definition) is 1. The van der Waals surface area contributed by atoms with E-state index in [9.17, 15) is 9.90 Å². The fourth-order valence-corrected chi connectivity index (χ4v) is 1.64. The van der Waals surface area contributed by atoms with E-state index in [0.717, 1.165) is 7.11 Å². The summed E-state index contributed by atoms with van der Waals surface area (Å²) in [5.41, 5.74) is 0.165. The highest BCUT2D eigenvalue weighted by atomic mass is 35.5. The number of hydrogen-bond acceptors (Lipinski definition) is 3. The lowest BCUT2D eigenvalue weighted by Gasteiger charge is -2.11. The van der Waals surface area contributed by atoms with Crippen LogP contribution in [0.1, 0.15) is 11.7 Å². The van der Waals surface area contributed by atoms with Gasteiger partial charge >= 0.3 is 5.97 Å². The van der Waals surface area contributed by atoms with Gasteiger partial charge in [-0.05, 0) is 12.1 Å². The van der Waals surface area contributed by atoms with Crippen LogP contribution in [-0.4, -0.2) is 18.2 Å². The standard InChI is InChI=1S/C9H7Cl3O3/c1-15-9(14)8(13)4-2-6(11)7(12)3-5(4)10/h2-3,8,13H,1H3. The zero-order valence-electron chi connectivity index (χ0n) is 7.63. The number of esters is 1. The highest BCUT2D eigenvalue weighted by Gasteiger charge is 2.21. The van der Waals surface area contributed by atoms with E-state index in [2.05, 4.69) is 4.74 Å². The fraction of sp³-hybridized carbons (Fsp3) is 0.222. The number of carbonyl (C=O) groups is 1. The molecule has 0 spiro atoms. The van der Waals surface area contributed by atoms with Crippen LogP contribution in [0.15, 0.2) is 12.1 Å². The van der Waals surface area contributed by atoms with Gasteiger partial charge in [-0.3, -0.25) is 0 Å². The molecule has 0 amide bonds. The normalized spacial score (nSPS) is 12.3. The third kappa shape index (κ3) is 2.75. The molecular weight excluding hydrogens is 262 g/mol. The van der Waals surface area contributed by atoms with Crippen molar-refractivity contribution in [2.75, 3.05) is 7.11 Å².